The van der Waals surface area contributed by atoms with E-state index in [4.69, 9.17) is 5.73 Å². The molecule has 96 valence electrons. The smallest absolute Gasteiger partial charge is 0.0174 e. The van der Waals surface area contributed by atoms with Crippen molar-refractivity contribution in [1.82, 2.24) is 0 Å². The summed E-state index contributed by atoms with van der Waals surface area (Å²) < 4.78 is 0. The van der Waals surface area contributed by atoms with Crippen molar-refractivity contribution >= 4 is 0 Å². The highest BCUT2D eigenvalue weighted by atomic mass is 14.5. The van der Waals surface area contributed by atoms with E-state index in [1.165, 1.54) is 16.7 Å². The molecule has 0 fully saturated rings. The van der Waals surface area contributed by atoms with Crippen LogP contribution in [0, 0.1) is 0 Å². The van der Waals surface area contributed by atoms with E-state index in [2.05, 4.69) is 45.1 Å². The summed E-state index contributed by atoms with van der Waals surface area (Å²) in [5.41, 5.74) is 9.65. The van der Waals surface area contributed by atoms with Gasteiger partial charge in [0, 0.05) is 6.54 Å². The summed E-state index contributed by atoms with van der Waals surface area (Å²) in [4.78, 5) is 0. The van der Waals surface area contributed by atoms with E-state index in [1.54, 1.807) is 0 Å². The SMILES string of the molecule is C\C=C(/C=C/C=C(\C)CC/C=C(/C)CC)CN. The molecule has 0 unspecified atom stereocenters. The van der Waals surface area contributed by atoms with Crippen LogP contribution in [-0.2, 0) is 0 Å². The van der Waals surface area contributed by atoms with Crippen molar-refractivity contribution < 1.29 is 0 Å². The monoisotopic (exact) mass is 233 g/mol. The van der Waals surface area contributed by atoms with Gasteiger partial charge in [0.2, 0.25) is 0 Å². The van der Waals surface area contributed by atoms with Gasteiger partial charge in [0.05, 0.1) is 0 Å². The molecular weight excluding hydrogens is 206 g/mol. The van der Waals surface area contributed by atoms with Crippen molar-refractivity contribution in [3.05, 3.63) is 47.1 Å². The van der Waals surface area contributed by atoms with E-state index < -0.39 is 0 Å². The molecule has 0 aliphatic rings. The van der Waals surface area contributed by atoms with E-state index in [0.717, 1.165) is 19.3 Å². The lowest BCUT2D eigenvalue weighted by molar-refractivity contribution is 0.950. The Morgan fingerprint density at radius 2 is 1.88 bits per heavy atom. The first-order valence-corrected chi connectivity index (χ1v) is 6.48. The minimum Gasteiger partial charge on any atom is -0.327 e. The van der Waals surface area contributed by atoms with Gasteiger partial charge in [-0.25, -0.2) is 0 Å². The number of rotatable bonds is 7. The molecule has 0 aromatic heterocycles. The quantitative estimate of drug-likeness (QED) is 0.507. The zero-order valence-electron chi connectivity index (χ0n) is 11.8. The Bertz CT molecular complexity index is 316. The highest BCUT2D eigenvalue weighted by Gasteiger charge is 1.89. The Hall–Kier alpha value is -1.08. The Balaban J connectivity index is 4.11. The maximum atomic E-state index is 5.58. The van der Waals surface area contributed by atoms with Gasteiger partial charge >= 0.3 is 0 Å². The molecule has 0 saturated carbocycles. The van der Waals surface area contributed by atoms with Gasteiger partial charge in [-0.1, -0.05) is 48.5 Å². The van der Waals surface area contributed by atoms with Crippen LogP contribution in [0.1, 0.15) is 47.0 Å². The lowest BCUT2D eigenvalue weighted by atomic mass is 10.1. The van der Waals surface area contributed by atoms with Crippen LogP contribution in [0.25, 0.3) is 0 Å². The summed E-state index contributed by atoms with van der Waals surface area (Å²) in [7, 11) is 0. The van der Waals surface area contributed by atoms with Crippen molar-refractivity contribution in [2.45, 2.75) is 47.0 Å². The fourth-order valence-electron chi connectivity index (χ4n) is 1.39. The third-order valence-electron chi connectivity index (χ3n) is 2.89. The van der Waals surface area contributed by atoms with Gasteiger partial charge in [-0.3, -0.25) is 0 Å². The molecule has 2 N–H and O–H groups in total. The highest BCUT2D eigenvalue weighted by Crippen LogP contribution is 2.08. The number of nitrogens with two attached hydrogens (primary N) is 1. The van der Waals surface area contributed by atoms with E-state index in [0.29, 0.717) is 6.54 Å². The molecule has 1 nitrogen and oxygen atoms in total. The van der Waals surface area contributed by atoms with Crippen molar-refractivity contribution in [3.8, 4) is 0 Å². The lowest BCUT2D eigenvalue weighted by Gasteiger charge is -1.98. The Kier molecular flexibility index (Phi) is 9.46. The third-order valence-corrected chi connectivity index (χ3v) is 2.89. The number of hydrogen-bond donors (Lipinski definition) is 1. The van der Waals surface area contributed by atoms with Crippen LogP contribution >= 0.6 is 0 Å². The van der Waals surface area contributed by atoms with Crippen LogP contribution in [0.15, 0.2) is 47.1 Å². The molecule has 0 spiro atoms. The normalized spacial score (nSPS) is 14.8. The van der Waals surface area contributed by atoms with Gasteiger partial charge in [-0.15, -0.1) is 0 Å². The van der Waals surface area contributed by atoms with Gasteiger partial charge in [-0.2, -0.15) is 0 Å². The molecule has 0 saturated heterocycles. The third kappa shape index (κ3) is 8.70. The minimum atomic E-state index is 0.609. The highest BCUT2D eigenvalue weighted by molar-refractivity contribution is 5.24. The Morgan fingerprint density at radius 3 is 2.41 bits per heavy atom. The standard InChI is InChI=1S/C16H27N/c1-5-14(3)9-7-10-15(4)11-8-12-16(6-2)13-17/h6,8-9,11-12H,5,7,10,13,17H2,1-4H3/b12-8+,14-9-,15-11+,16-6+. The van der Waals surface area contributed by atoms with Gasteiger partial charge in [-0.05, 0) is 45.6 Å². The van der Waals surface area contributed by atoms with Gasteiger partial charge in [0.15, 0.2) is 0 Å². The molecule has 0 bridgehead atoms. The molecule has 1 heteroatoms. The van der Waals surface area contributed by atoms with Crippen LogP contribution in [0.2, 0.25) is 0 Å². The Morgan fingerprint density at radius 1 is 1.18 bits per heavy atom. The second-order valence-electron chi connectivity index (χ2n) is 4.38. The summed E-state index contributed by atoms with van der Waals surface area (Å²) in [6.45, 7) is 9.19. The Labute approximate surface area is 107 Å². The summed E-state index contributed by atoms with van der Waals surface area (Å²) in [6.07, 6.45) is 14.2. The fourth-order valence-corrected chi connectivity index (χ4v) is 1.39. The van der Waals surface area contributed by atoms with Crippen LogP contribution in [0.4, 0.5) is 0 Å². The van der Waals surface area contributed by atoms with E-state index in [9.17, 15) is 0 Å². The predicted molar refractivity (Wildman–Crippen MR) is 79.0 cm³/mol. The average molecular weight is 233 g/mol. The largest absolute Gasteiger partial charge is 0.327 e. The molecule has 0 aromatic rings. The first-order chi connectivity index (χ1) is 8.13. The van der Waals surface area contributed by atoms with Crippen molar-refractivity contribution in [2.75, 3.05) is 6.54 Å². The van der Waals surface area contributed by atoms with Crippen molar-refractivity contribution in [1.29, 1.82) is 0 Å². The molecule has 0 aliphatic carbocycles. The second kappa shape index (κ2) is 10.1. The molecule has 17 heavy (non-hydrogen) atoms. The van der Waals surface area contributed by atoms with Gasteiger partial charge in [0.1, 0.15) is 0 Å². The molecule has 0 aromatic carbocycles. The predicted octanol–water partition coefficient (Wildman–Crippen LogP) is 4.53. The summed E-state index contributed by atoms with van der Waals surface area (Å²) in [5.74, 6) is 0. The molecule has 0 rings (SSSR count). The van der Waals surface area contributed by atoms with E-state index >= 15 is 0 Å². The van der Waals surface area contributed by atoms with Crippen molar-refractivity contribution in [3.63, 3.8) is 0 Å². The molecule has 0 atom stereocenters. The number of hydrogen-bond acceptors (Lipinski definition) is 1. The molecule has 0 aliphatic heterocycles. The van der Waals surface area contributed by atoms with E-state index in [1.807, 2.05) is 13.0 Å². The lowest BCUT2D eigenvalue weighted by Crippen LogP contribution is -1.99. The second-order valence-corrected chi connectivity index (χ2v) is 4.38. The van der Waals surface area contributed by atoms with Crippen molar-refractivity contribution in [2.24, 2.45) is 5.73 Å². The topological polar surface area (TPSA) is 26.0 Å². The van der Waals surface area contributed by atoms with Crippen LogP contribution in [0.3, 0.4) is 0 Å². The zero-order chi connectivity index (χ0) is 13.1. The van der Waals surface area contributed by atoms with Crippen LogP contribution in [-0.4, -0.2) is 6.54 Å². The average Bonchev–Trinajstić information content (AvgIpc) is 2.34. The van der Waals surface area contributed by atoms with Gasteiger partial charge < -0.3 is 5.73 Å². The van der Waals surface area contributed by atoms with Gasteiger partial charge in [0.25, 0.3) is 0 Å². The first kappa shape index (κ1) is 15.9. The summed E-state index contributed by atoms with van der Waals surface area (Å²) >= 11 is 0. The minimum absolute atomic E-state index is 0.609. The number of allylic oxidation sites excluding steroid dienone is 6. The summed E-state index contributed by atoms with van der Waals surface area (Å²) in [5, 5.41) is 0. The van der Waals surface area contributed by atoms with Crippen LogP contribution < -0.4 is 5.73 Å². The maximum Gasteiger partial charge on any atom is 0.0174 e. The molecular formula is C16H27N. The van der Waals surface area contributed by atoms with E-state index in [-0.39, 0.29) is 0 Å². The molecule has 0 amide bonds. The molecule has 0 heterocycles. The maximum absolute atomic E-state index is 5.58. The van der Waals surface area contributed by atoms with Crippen LogP contribution in [0.5, 0.6) is 0 Å². The zero-order valence-corrected chi connectivity index (χ0v) is 11.8. The fraction of sp³-hybridized carbons (Fsp3) is 0.500. The summed E-state index contributed by atoms with van der Waals surface area (Å²) in [6, 6.07) is 0. The molecule has 0 radical (unpaired) electrons. The first-order valence-electron chi connectivity index (χ1n) is 6.48.